The van der Waals surface area contributed by atoms with Crippen molar-refractivity contribution in [3.05, 3.63) is 60.6 Å². The Morgan fingerprint density at radius 2 is 1.91 bits per heavy atom. The van der Waals surface area contributed by atoms with E-state index in [1.807, 2.05) is 30.3 Å². The van der Waals surface area contributed by atoms with Crippen LogP contribution in [0.15, 0.2) is 54.9 Å². The molecule has 2 aromatic heterocycles. The predicted molar refractivity (Wildman–Crippen MR) is 86.3 cm³/mol. The summed E-state index contributed by atoms with van der Waals surface area (Å²) in [5.74, 6) is -0.150. The maximum absolute atomic E-state index is 13.0. The zero-order valence-electron chi connectivity index (χ0n) is 12.1. The van der Waals surface area contributed by atoms with Crippen LogP contribution in [0.1, 0.15) is 10.5 Å². The van der Waals surface area contributed by atoms with Crippen molar-refractivity contribution in [2.45, 2.75) is 0 Å². The van der Waals surface area contributed by atoms with E-state index in [-0.39, 0.29) is 18.4 Å². The van der Waals surface area contributed by atoms with Gasteiger partial charge in [0.2, 0.25) is 5.91 Å². The van der Waals surface area contributed by atoms with Crippen LogP contribution in [0.3, 0.4) is 0 Å². The number of rotatable bonds is 1. The van der Waals surface area contributed by atoms with Crippen molar-refractivity contribution in [3.63, 3.8) is 0 Å². The summed E-state index contributed by atoms with van der Waals surface area (Å²) >= 11 is 0. The van der Waals surface area contributed by atoms with Crippen LogP contribution in [-0.2, 0) is 4.79 Å². The lowest BCUT2D eigenvalue weighted by molar-refractivity contribution is -0.115. The first kappa shape index (κ1) is 13.4. The minimum absolute atomic E-state index is 0.0756. The Bertz CT molecular complexity index is 933. The molecule has 3 heterocycles. The van der Waals surface area contributed by atoms with E-state index in [0.29, 0.717) is 17.2 Å². The van der Waals surface area contributed by atoms with Gasteiger partial charge in [-0.25, -0.2) is 4.98 Å². The molecule has 0 saturated heterocycles. The van der Waals surface area contributed by atoms with E-state index in [4.69, 9.17) is 0 Å². The van der Waals surface area contributed by atoms with Crippen molar-refractivity contribution in [1.82, 2.24) is 9.97 Å². The highest BCUT2D eigenvalue weighted by molar-refractivity contribution is 6.17. The van der Waals surface area contributed by atoms with Gasteiger partial charge in [0, 0.05) is 17.8 Å². The number of fused-ring (bicyclic) bond motifs is 2. The first-order chi connectivity index (χ1) is 11.2. The van der Waals surface area contributed by atoms with Gasteiger partial charge in [0.1, 0.15) is 12.2 Å². The van der Waals surface area contributed by atoms with Crippen molar-refractivity contribution in [1.29, 1.82) is 0 Å². The Labute approximate surface area is 131 Å². The summed E-state index contributed by atoms with van der Waals surface area (Å²) in [5.41, 5.74) is 0.840. The van der Waals surface area contributed by atoms with Gasteiger partial charge in [0.25, 0.3) is 5.91 Å². The minimum atomic E-state index is -0.336. The number of benzene rings is 1. The van der Waals surface area contributed by atoms with Crippen molar-refractivity contribution < 1.29 is 9.59 Å². The molecule has 0 fully saturated rings. The lowest BCUT2D eigenvalue weighted by Crippen LogP contribution is -2.43. The van der Waals surface area contributed by atoms with Gasteiger partial charge in [-0.3, -0.25) is 19.5 Å². The Morgan fingerprint density at radius 1 is 1.04 bits per heavy atom. The molecule has 1 aliphatic rings. The molecule has 1 N–H and O–H groups in total. The highest BCUT2D eigenvalue weighted by atomic mass is 16.2. The Hall–Kier alpha value is -3.28. The second kappa shape index (κ2) is 5.17. The number of amides is 2. The Balaban J connectivity index is 1.84. The van der Waals surface area contributed by atoms with Gasteiger partial charge in [-0.2, -0.15) is 0 Å². The Morgan fingerprint density at radius 3 is 2.83 bits per heavy atom. The first-order valence-corrected chi connectivity index (χ1v) is 7.14. The van der Waals surface area contributed by atoms with Crippen LogP contribution in [-0.4, -0.2) is 28.3 Å². The van der Waals surface area contributed by atoms with E-state index in [1.54, 1.807) is 24.5 Å². The van der Waals surface area contributed by atoms with E-state index in [0.717, 1.165) is 10.8 Å². The molecule has 0 unspecified atom stereocenters. The van der Waals surface area contributed by atoms with Crippen LogP contribution in [0.5, 0.6) is 0 Å². The summed E-state index contributed by atoms with van der Waals surface area (Å²) in [6.07, 6.45) is 3.19. The third kappa shape index (κ3) is 2.20. The Kier molecular flexibility index (Phi) is 3.01. The molecular weight excluding hydrogens is 292 g/mol. The van der Waals surface area contributed by atoms with Crippen LogP contribution in [0.25, 0.3) is 10.8 Å². The molecule has 0 spiro atoms. The summed E-state index contributed by atoms with van der Waals surface area (Å²) in [6, 6.07) is 12.8. The largest absolute Gasteiger partial charge is 0.321 e. The summed E-state index contributed by atoms with van der Waals surface area (Å²) in [4.78, 5) is 34.7. The molecule has 112 valence electrons. The number of nitrogens with zero attached hydrogens (tertiary/aromatic N) is 3. The van der Waals surface area contributed by atoms with E-state index in [9.17, 15) is 9.59 Å². The zero-order chi connectivity index (χ0) is 15.8. The second-order valence-electron chi connectivity index (χ2n) is 5.19. The summed E-state index contributed by atoms with van der Waals surface area (Å²) in [6.45, 7) is -0.0756. The fourth-order valence-electron chi connectivity index (χ4n) is 2.70. The standard InChI is InChI=1S/C17H12N4O2/c22-14-10-21(16-13(20-14)6-3-8-19-16)17(23)15-12-5-2-1-4-11(12)7-9-18-15/h1-9H,10H2,(H,20,22). The molecule has 6 nitrogen and oxygen atoms in total. The highest BCUT2D eigenvalue weighted by Gasteiger charge is 2.30. The van der Waals surface area contributed by atoms with Crippen molar-refractivity contribution >= 4 is 34.1 Å². The number of pyridine rings is 2. The number of hydrogen-bond donors (Lipinski definition) is 1. The predicted octanol–water partition coefficient (Wildman–Crippen LogP) is 2.23. The van der Waals surface area contributed by atoms with Crippen molar-refractivity contribution in [2.75, 3.05) is 16.8 Å². The quantitative estimate of drug-likeness (QED) is 0.748. The van der Waals surface area contributed by atoms with Gasteiger partial charge in [0.05, 0.1) is 5.69 Å². The van der Waals surface area contributed by atoms with Crippen molar-refractivity contribution in [3.8, 4) is 0 Å². The van der Waals surface area contributed by atoms with Gasteiger partial charge in [-0.1, -0.05) is 24.3 Å². The monoisotopic (exact) mass is 304 g/mol. The van der Waals surface area contributed by atoms with E-state index < -0.39 is 0 Å². The van der Waals surface area contributed by atoms with Crippen LogP contribution < -0.4 is 10.2 Å². The molecule has 23 heavy (non-hydrogen) atoms. The normalized spacial score (nSPS) is 13.6. The lowest BCUT2D eigenvalue weighted by Gasteiger charge is -2.27. The van der Waals surface area contributed by atoms with Gasteiger partial charge >= 0.3 is 0 Å². The van der Waals surface area contributed by atoms with Gasteiger partial charge < -0.3 is 5.32 Å². The molecule has 3 aromatic rings. The maximum atomic E-state index is 13.0. The molecule has 0 radical (unpaired) electrons. The summed E-state index contributed by atoms with van der Waals surface area (Å²) in [5, 5.41) is 4.40. The maximum Gasteiger partial charge on any atom is 0.279 e. The molecule has 2 amide bonds. The van der Waals surface area contributed by atoms with E-state index in [1.165, 1.54) is 4.90 Å². The SMILES string of the molecule is O=C1CN(C(=O)c2nccc3ccccc23)c2ncccc2N1. The molecule has 6 heteroatoms. The fourth-order valence-corrected chi connectivity index (χ4v) is 2.70. The number of anilines is 2. The molecule has 0 saturated carbocycles. The topological polar surface area (TPSA) is 75.2 Å². The fraction of sp³-hybridized carbons (Fsp3) is 0.0588. The van der Waals surface area contributed by atoms with Crippen LogP contribution in [0.4, 0.5) is 11.5 Å². The van der Waals surface area contributed by atoms with Crippen LogP contribution >= 0.6 is 0 Å². The third-order valence-corrected chi connectivity index (χ3v) is 3.74. The highest BCUT2D eigenvalue weighted by Crippen LogP contribution is 2.28. The molecule has 0 bridgehead atoms. The summed E-state index contributed by atoms with van der Waals surface area (Å²) in [7, 11) is 0. The number of hydrogen-bond acceptors (Lipinski definition) is 4. The number of nitrogens with one attached hydrogen (secondary N) is 1. The molecule has 0 atom stereocenters. The number of carbonyl (C=O) groups is 2. The molecule has 1 aliphatic heterocycles. The average Bonchev–Trinajstić information content (AvgIpc) is 2.60. The van der Waals surface area contributed by atoms with Gasteiger partial charge in [-0.15, -0.1) is 0 Å². The zero-order valence-corrected chi connectivity index (χ0v) is 12.1. The second-order valence-corrected chi connectivity index (χ2v) is 5.19. The van der Waals surface area contributed by atoms with E-state index in [2.05, 4.69) is 15.3 Å². The van der Waals surface area contributed by atoms with E-state index >= 15 is 0 Å². The average molecular weight is 304 g/mol. The van der Waals surface area contributed by atoms with Gasteiger partial charge in [-0.05, 0) is 23.6 Å². The smallest absolute Gasteiger partial charge is 0.279 e. The molecule has 4 rings (SSSR count). The minimum Gasteiger partial charge on any atom is -0.321 e. The molecular formula is C17H12N4O2. The first-order valence-electron chi connectivity index (χ1n) is 7.14. The van der Waals surface area contributed by atoms with Crippen molar-refractivity contribution in [2.24, 2.45) is 0 Å². The lowest BCUT2D eigenvalue weighted by atomic mass is 10.1. The van der Waals surface area contributed by atoms with Gasteiger partial charge in [0.15, 0.2) is 5.82 Å². The van der Waals surface area contributed by atoms with Crippen LogP contribution in [0.2, 0.25) is 0 Å². The van der Waals surface area contributed by atoms with Crippen LogP contribution in [0, 0.1) is 0 Å². The summed E-state index contributed by atoms with van der Waals surface area (Å²) < 4.78 is 0. The molecule has 0 aliphatic carbocycles. The number of carbonyl (C=O) groups excluding carboxylic acids is 2. The third-order valence-electron chi connectivity index (χ3n) is 3.74. The number of aromatic nitrogens is 2. The molecule has 1 aromatic carbocycles.